The lowest BCUT2D eigenvalue weighted by atomic mass is 9.87. The van der Waals surface area contributed by atoms with Gasteiger partial charge in [-0.1, -0.05) is 28.1 Å². The maximum Gasteiger partial charge on any atom is 0.0309 e. The predicted molar refractivity (Wildman–Crippen MR) is 58.7 cm³/mol. The first-order valence-corrected chi connectivity index (χ1v) is 5.53. The minimum Gasteiger partial charge on any atom is -0.324 e. The molecule has 0 aliphatic heterocycles. The fourth-order valence-electron chi connectivity index (χ4n) is 2.02. The van der Waals surface area contributed by atoms with Gasteiger partial charge >= 0.3 is 0 Å². The molecule has 0 unspecified atom stereocenters. The molecule has 0 saturated carbocycles. The number of halogens is 1. The van der Waals surface area contributed by atoms with E-state index in [1.165, 1.54) is 34.0 Å². The van der Waals surface area contributed by atoms with E-state index in [0.29, 0.717) is 0 Å². The largest absolute Gasteiger partial charge is 0.324 e. The third-order valence-electron chi connectivity index (χ3n) is 2.80. The molecular weight excluding hydrogens is 226 g/mol. The van der Waals surface area contributed by atoms with Gasteiger partial charge in [-0.15, -0.1) is 0 Å². The molecule has 0 amide bonds. The summed E-state index contributed by atoms with van der Waals surface area (Å²) in [5.41, 5.74) is 10.1. The summed E-state index contributed by atoms with van der Waals surface area (Å²) in [6, 6.07) is 4.62. The second-order valence-corrected chi connectivity index (χ2v) is 4.56. The van der Waals surface area contributed by atoms with Gasteiger partial charge in [0.2, 0.25) is 0 Å². The first-order chi connectivity index (χ1) is 6.20. The summed E-state index contributed by atoms with van der Waals surface area (Å²) < 4.78 is 1.22. The van der Waals surface area contributed by atoms with E-state index in [1.807, 2.05) is 0 Å². The maximum atomic E-state index is 6.09. The molecule has 0 heterocycles. The van der Waals surface area contributed by atoms with Crippen molar-refractivity contribution in [1.29, 1.82) is 0 Å². The van der Waals surface area contributed by atoms with Crippen molar-refractivity contribution in [3.8, 4) is 0 Å². The molecule has 1 nitrogen and oxygen atoms in total. The van der Waals surface area contributed by atoms with Crippen LogP contribution < -0.4 is 5.73 Å². The van der Waals surface area contributed by atoms with Gasteiger partial charge in [-0.2, -0.15) is 0 Å². The zero-order valence-corrected chi connectivity index (χ0v) is 9.39. The van der Waals surface area contributed by atoms with Crippen molar-refractivity contribution in [1.82, 2.24) is 0 Å². The van der Waals surface area contributed by atoms with E-state index in [0.717, 1.165) is 6.42 Å². The van der Waals surface area contributed by atoms with Crippen molar-refractivity contribution in [2.24, 2.45) is 5.73 Å². The Morgan fingerprint density at radius 2 is 2.23 bits per heavy atom. The number of fused-ring (bicyclic) bond motifs is 1. The molecule has 0 spiro atoms. The van der Waals surface area contributed by atoms with Gasteiger partial charge in [-0.3, -0.25) is 0 Å². The van der Waals surface area contributed by atoms with E-state index in [4.69, 9.17) is 5.73 Å². The summed E-state index contributed by atoms with van der Waals surface area (Å²) in [5.74, 6) is 0. The highest BCUT2D eigenvalue weighted by atomic mass is 79.9. The normalized spacial score (nSPS) is 21.3. The molecule has 1 aromatic carbocycles. The van der Waals surface area contributed by atoms with Crippen LogP contribution in [0.3, 0.4) is 0 Å². The van der Waals surface area contributed by atoms with Crippen LogP contribution in [0.1, 0.15) is 35.6 Å². The van der Waals surface area contributed by atoms with Gasteiger partial charge in [-0.25, -0.2) is 0 Å². The van der Waals surface area contributed by atoms with Gasteiger partial charge in [0, 0.05) is 10.5 Å². The third kappa shape index (κ3) is 1.53. The third-order valence-corrected chi connectivity index (χ3v) is 3.85. The van der Waals surface area contributed by atoms with Gasteiger partial charge in [0.05, 0.1) is 0 Å². The highest BCUT2D eigenvalue weighted by Gasteiger charge is 2.19. The van der Waals surface area contributed by atoms with Crippen LogP contribution in [0.4, 0.5) is 0 Å². The molecule has 1 aliphatic rings. The van der Waals surface area contributed by atoms with Crippen molar-refractivity contribution >= 4 is 15.9 Å². The molecular formula is C11H14BrN. The Morgan fingerprint density at radius 1 is 1.46 bits per heavy atom. The zero-order chi connectivity index (χ0) is 9.42. The molecule has 0 saturated heterocycles. The molecule has 0 aromatic heterocycles. The minimum absolute atomic E-state index is 0.234. The number of benzene rings is 1. The van der Waals surface area contributed by atoms with Crippen molar-refractivity contribution in [3.63, 3.8) is 0 Å². The molecule has 1 atom stereocenters. The molecule has 13 heavy (non-hydrogen) atoms. The average molecular weight is 240 g/mol. The summed E-state index contributed by atoms with van der Waals surface area (Å²) in [5, 5.41) is 0. The quantitative estimate of drug-likeness (QED) is 0.740. The Balaban J connectivity index is 2.58. The molecule has 0 radical (unpaired) electrons. The fraction of sp³-hybridized carbons (Fsp3) is 0.455. The van der Waals surface area contributed by atoms with E-state index < -0.39 is 0 Å². The van der Waals surface area contributed by atoms with E-state index in [-0.39, 0.29) is 6.04 Å². The SMILES string of the molecule is Cc1ccc2c(c1Br)[C@H](N)CCC2. The Hall–Kier alpha value is -0.340. The summed E-state index contributed by atoms with van der Waals surface area (Å²) >= 11 is 3.63. The lowest BCUT2D eigenvalue weighted by Crippen LogP contribution is -2.18. The summed E-state index contributed by atoms with van der Waals surface area (Å²) in [6.07, 6.45) is 3.53. The van der Waals surface area contributed by atoms with Crippen LogP contribution in [0, 0.1) is 6.92 Å². The zero-order valence-electron chi connectivity index (χ0n) is 7.81. The standard InChI is InChI=1S/C11H14BrN/c1-7-5-6-8-3-2-4-9(13)10(8)11(7)12/h5-6,9H,2-4,13H2,1H3/t9-/m1/s1. The minimum atomic E-state index is 0.234. The molecule has 70 valence electrons. The smallest absolute Gasteiger partial charge is 0.0309 e. The van der Waals surface area contributed by atoms with Crippen LogP contribution in [0.15, 0.2) is 16.6 Å². The maximum absolute atomic E-state index is 6.09. The van der Waals surface area contributed by atoms with Gasteiger partial charge in [-0.05, 0) is 42.9 Å². The molecule has 2 heteroatoms. The van der Waals surface area contributed by atoms with Crippen LogP contribution >= 0.6 is 15.9 Å². The fourth-order valence-corrected chi connectivity index (χ4v) is 2.70. The summed E-state index contributed by atoms with van der Waals surface area (Å²) in [7, 11) is 0. The Labute approximate surface area is 87.5 Å². The molecule has 1 aromatic rings. The van der Waals surface area contributed by atoms with E-state index >= 15 is 0 Å². The van der Waals surface area contributed by atoms with Gasteiger partial charge < -0.3 is 5.73 Å². The van der Waals surface area contributed by atoms with Crippen molar-refractivity contribution in [2.45, 2.75) is 32.2 Å². The Morgan fingerprint density at radius 3 is 3.00 bits per heavy atom. The van der Waals surface area contributed by atoms with Crippen molar-refractivity contribution in [3.05, 3.63) is 33.3 Å². The second-order valence-electron chi connectivity index (χ2n) is 3.77. The average Bonchev–Trinajstić information content (AvgIpc) is 2.12. The van der Waals surface area contributed by atoms with Gasteiger partial charge in [0.1, 0.15) is 0 Å². The highest BCUT2D eigenvalue weighted by molar-refractivity contribution is 9.10. The van der Waals surface area contributed by atoms with Gasteiger partial charge in [0.15, 0.2) is 0 Å². The van der Waals surface area contributed by atoms with Crippen LogP contribution in [-0.4, -0.2) is 0 Å². The van der Waals surface area contributed by atoms with E-state index in [2.05, 4.69) is 35.0 Å². The molecule has 2 N–H and O–H groups in total. The Kier molecular flexibility index (Phi) is 2.43. The van der Waals surface area contributed by atoms with E-state index in [1.54, 1.807) is 0 Å². The Bertz CT molecular complexity index is 333. The van der Waals surface area contributed by atoms with Crippen LogP contribution in [0.5, 0.6) is 0 Å². The van der Waals surface area contributed by atoms with Crippen molar-refractivity contribution in [2.75, 3.05) is 0 Å². The number of aryl methyl sites for hydroxylation is 2. The summed E-state index contributed by atoms with van der Waals surface area (Å²) in [4.78, 5) is 0. The number of nitrogens with two attached hydrogens (primary N) is 1. The molecule has 0 fully saturated rings. The molecule has 1 aliphatic carbocycles. The summed E-state index contributed by atoms with van der Waals surface area (Å²) in [6.45, 7) is 2.12. The van der Waals surface area contributed by atoms with Crippen LogP contribution in [0.2, 0.25) is 0 Å². The van der Waals surface area contributed by atoms with E-state index in [9.17, 15) is 0 Å². The molecule has 0 bridgehead atoms. The molecule has 2 rings (SSSR count). The van der Waals surface area contributed by atoms with Crippen molar-refractivity contribution < 1.29 is 0 Å². The number of rotatable bonds is 0. The second kappa shape index (κ2) is 3.43. The lowest BCUT2D eigenvalue weighted by molar-refractivity contribution is 0.567. The number of hydrogen-bond donors (Lipinski definition) is 1. The highest BCUT2D eigenvalue weighted by Crippen LogP contribution is 2.35. The first kappa shape index (κ1) is 9.22. The first-order valence-electron chi connectivity index (χ1n) is 4.73. The topological polar surface area (TPSA) is 26.0 Å². The number of hydrogen-bond acceptors (Lipinski definition) is 1. The monoisotopic (exact) mass is 239 g/mol. The van der Waals surface area contributed by atoms with Crippen LogP contribution in [0.25, 0.3) is 0 Å². The lowest BCUT2D eigenvalue weighted by Gasteiger charge is -2.24. The predicted octanol–water partition coefficient (Wildman–Crippen LogP) is 3.09. The van der Waals surface area contributed by atoms with Crippen LogP contribution in [-0.2, 0) is 6.42 Å². The van der Waals surface area contributed by atoms with Gasteiger partial charge in [0.25, 0.3) is 0 Å².